The molecule has 0 aliphatic carbocycles. The van der Waals surface area contributed by atoms with E-state index in [2.05, 4.69) is 15.4 Å². The third-order valence-corrected chi connectivity index (χ3v) is 5.86. The Bertz CT molecular complexity index is 1100. The second-order valence-electron chi connectivity index (χ2n) is 6.24. The molecule has 2 N–H and O–H groups in total. The van der Waals surface area contributed by atoms with Gasteiger partial charge in [0.2, 0.25) is 0 Å². The van der Waals surface area contributed by atoms with Crippen molar-refractivity contribution in [2.45, 2.75) is 36.5 Å². The molecule has 0 bridgehead atoms. The van der Waals surface area contributed by atoms with Crippen LogP contribution in [0, 0.1) is 12.7 Å². The first-order chi connectivity index (χ1) is 14.3. The van der Waals surface area contributed by atoms with Crippen LogP contribution >= 0.6 is 11.8 Å². The molecule has 0 aromatic carbocycles. The number of urea groups is 1. The number of aryl methyl sites for hydroxylation is 2. The normalized spacial score (nSPS) is 12.4. The van der Waals surface area contributed by atoms with E-state index in [1.807, 2.05) is 4.72 Å². The van der Waals surface area contributed by atoms with Crippen LogP contribution in [0.15, 0.2) is 27.7 Å². The summed E-state index contributed by atoms with van der Waals surface area (Å²) in [5.74, 6) is -1.18. The van der Waals surface area contributed by atoms with Gasteiger partial charge in [-0.3, -0.25) is 4.68 Å². The van der Waals surface area contributed by atoms with Gasteiger partial charge in [-0.1, -0.05) is 6.92 Å². The highest BCUT2D eigenvalue weighted by Crippen LogP contribution is 2.35. The van der Waals surface area contributed by atoms with Crippen molar-refractivity contribution in [3.63, 3.8) is 0 Å². The van der Waals surface area contributed by atoms with Crippen molar-refractivity contribution in [2.75, 3.05) is 6.54 Å². The van der Waals surface area contributed by atoms with Gasteiger partial charge in [-0.15, -0.1) is 0 Å². The van der Waals surface area contributed by atoms with Crippen molar-refractivity contribution >= 4 is 33.9 Å². The van der Waals surface area contributed by atoms with Crippen LogP contribution in [0.25, 0.3) is 6.08 Å². The zero-order valence-electron chi connectivity index (χ0n) is 16.6. The summed E-state index contributed by atoms with van der Waals surface area (Å²) in [5.41, 5.74) is -0.582. The quantitative estimate of drug-likeness (QED) is 0.587. The van der Waals surface area contributed by atoms with Crippen LogP contribution in [0.4, 0.5) is 22.4 Å². The van der Waals surface area contributed by atoms with Gasteiger partial charge < -0.3 is 5.32 Å². The van der Waals surface area contributed by atoms with Gasteiger partial charge in [-0.2, -0.15) is 18.3 Å². The van der Waals surface area contributed by atoms with Gasteiger partial charge >= 0.3 is 12.2 Å². The molecule has 0 unspecified atom stereocenters. The number of aromatic nitrogens is 3. The van der Waals surface area contributed by atoms with E-state index in [-0.39, 0.29) is 15.6 Å². The third kappa shape index (κ3) is 6.69. The number of hydrogen-bond donors (Lipinski definition) is 2. The van der Waals surface area contributed by atoms with Crippen LogP contribution in [0.3, 0.4) is 0 Å². The smallest absolute Gasteiger partial charge is 0.337 e. The van der Waals surface area contributed by atoms with Gasteiger partial charge in [-0.05, 0) is 37.2 Å². The summed E-state index contributed by atoms with van der Waals surface area (Å²) in [5, 5.41) is 7.11. The van der Waals surface area contributed by atoms with Crippen molar-refractivity contribution in [2.24, 2.45) is 7.05 Å². The van der Waals surface area contributed by atoms with Crippen LogP contribution in [-0.4, -0.2) is 35.8 Å². The van der Waals surface area contributed by atoms with E-state index in [4.69, 9.17) is 0 Å². The van der Waals surface area contributed by atoms with Crippen molar-refractivity contribution in [3.05, 3.63) is 40.3 Å². The van der Waals surface area contributed by atoms with Gasteiger partial charge in [0, 0.05) is 25.4 Å². The first-order valence-corrected chi connectivity index (χ1v) is 11.1. The van der Waals surface area contributed by atoms with E-state index in [0.29, 0.717) is 42.7 Å². The maximum atomic E-state index is 14.2. The fraction of sp³-hybridized carbons (Fsp3) is 0.353. The molecule has 2 heterocycles. The summed E-state index contributed by atoms with van der Waals surface area (Å²) in [6.07, 6.45) is -2.46. The molecule has 8 nitrogen and oxygen atoms in total. The highest BCUT2D eigenvalue weighted by molar-refractivity contribution is 7.99. The molecule has 0 saturated heterocycles. The summed E-state index contributed by atoms with van der Waals surface area (Å²) in [6, 6.07) is -0.558. The predicted molar refractivity (Wildman–Crippen MR) is 106 cm³/mol. The van der Waals surface area contributed by atoms with E-state index in [9.17, 15) is 30.8 Å². The molecule has 2 rings (SSSR count). The van der Waals surface area contributed by atoms with Crippen LogP contribution in [0.2, 0.25) is 0 Å². The van der Waals surface area contributed by atoms with Crippen LogP contribution in [0.1, 0.15) is 30.2 Å². The van der Waals surface area contributed by atoms with E-state index in [1.165, 1.54) is 11.7 Å². The molecule has 31 heavy (non-hydrogen) atoms. The largest absolute Gasteiger partial charge is 0.417 e. The number of nitrogens with zero attached hydrogens (tertiary/aromatic N) is 3. The molecule has 170 valence electrons. The van der Waals surface area contributed by atoms with Crippen LogP contribution < -0.4 is 10.0 Å². The summed E-state index contributed by atoms with van der Waals surface area (Å²) in [7, 11) is -2.64. The number of alkyl halides is 3. The van der Waals surface area contributed by atoms with E-state index < -0.39 is 33.6 Å². The number of nitrogens with one attached hydrogen (secondary N) is 2. The van der Waals surface area contributed by atoms with Gasteiger partial charge in [-0.25, -0.2) is 27.3 Å². The highest BCUT2D eigenvalue weighted by atomic mass is 32.2. The Kier molecular flexibility index (Phi) is 7.70. The molecule has 0 atom stereocenters. The summed E-state index contributed by atoms with van der Waals surface area (Å²) in [4.78, 5) is 15.1. The first kappa shape index (κ1) is 24.7. The monoisotopic (exact) mass is 481 g/mol. The number of amides is 2. The topological polar surface area (TPSA) is 106 Å². The lowest BCUT2D eigenvalue weighted by Gasteiger charge is -2.09. The van der Waals surface area contributed by atoms with Gasteiger partial charge in [0.1, 0.15) is 10.1 Å². The number of carbonyl (C=O) groups excluding carboxylic acids is 1. The van der Waals surface area contributed by atoms with Crippen LogP contribution in [-0.2, 0) is 23.2 Å². The lowest BCUT2D eigenvalue weighted by Crippen LogP contribution is -2.38. The maximum absolute atomic E-state index is 14.2. The highest BCUT2D eigenvalue weighted by Gasteiger charge is 2.32. The molecule has 14 heteroatoms. The molecular formula is C17H19F4N5O3S2. The Hall–Kier alpha value is -2.61. The van der Waals surface area contributed by atoms with E-state index >= 15 is 0 Å². The summed E-state index contributed by atoms with van der Waals surface area (Å²) < 4.78 is 79.6. The number of sulfonamides is 1. The van der Waals surface area contributed by atoms with E-state index in [0.717, 1.165) is 11.5 Å². The SMILES string of the molecule is CCCNC(=O)NS(=O)(=O)/C=C/c1c(C)nn(C)c1Sc1ncc(C(F)(F)F)cc1F. The average molecular weight is 481 g/mol. The molecule has 0 saturated carbocycles. The fourth-order valence-electron chi connectivity index (χ4n) is 2.31. The molecule has 0 radical (unpaired) electrons. The number of halogens is 4. The minimum absolute atomic E-state index is 0.241. The average Bonchev–Trinajstić information content (AvgIpc) is 2.91. The molecule has 2 aromatic rings. The maximum Gasteiger partial charge on any atom is 0.417 e. The molecule has 0 spiro atoms. The molecule has 2 amide bonds. The van der Waals surface area contributed by atoms with Crippen molar-refractivity contribution in [1.29, 1.82) is 0 Å². The Labute approximate surface area is 180 Å². The third-order valence-electron chi connectivity index (χ3n) is 3.73. The number of hydrogen-bond acceptors (Lipinski definition) is 6. The Morgan fingerprint density at radius 3 is 2.61 bits per heavy atom. The predicted octanol–water partition coefficient (Wildman–Crippen LogP) is 3.44. The van der Waals surface area contributed by atoms with Gasteiger partial charge in [0.15, 0.2) is 5.82 Å². The van der Waals surface area contributed by atoms with Gasteiger partial charge in [0.05, 0.1) is 16.7 Å². The van der Waals surface area contributed by atoms with E-state index in [1.54, 1.807) is 13.8 Å². The first-order valence-electron chi connectivity index (χ1n) is 8.77. The zero-order chi connectivity index (χ0) is 23.4. The van der Waals surface area contributed by atoms with Crippen molar-refractivity contribution in [1.82, 2.24) is 24.8 Å². The second-order valence-corrected chi connectivity index (χ2v) is 8.79. The summed E-state index contributed by atoms with van der Waals surface area (Å²) in [6.45, 7) is 3.65. The van der Waals surface area contributed by atoms with Crippen molar-refractivity contribution in [3.8, 4) is 0 Å². The second kappa shape index (κ2) is 9.68. The Balaban J connectivity index is 2.29. The Morgan fingerprint density at radius 1 is 1.35 bits per heavy atom. The number of rotatable bonds is 7. The molecule has 0 aliphatic heterocycles. The molecule has 2 aromatic heterocycles. The van der Waals surface area contributed by atoms with Crippen LogP contribution in [0.5, 0.6) is 0 Å². The lowest BCUT2D eigenvalue weighted by atomic mass is 10.3. The Morgan fingerprint density at radius 2 is 2.03 bits per heavy atom. The standard InChI is InChI=1S/C17H19F4N5O3S2/c1-4-6-22-16(27)25-31(28,29)7-5-12-10(2)24-26(3)15(12)30-14-13(18)8-11(9-23-14)17(19,20)21/h5,7-9H,4,6H2,1-3H3,(H2,22,25,27)/b7-5+. The molecule has 0 aliphatic rings. The van der Waals surface area contributed by atoms with Crippen molar-refractivity contribution < 1.29 is 30.8 Å². The minimum atomic E-state index is -4.74. The summed E-state index contributed by atoms with van der Waals surface area (Å²) >= 11 is 0.684. The fourth-order valence-corrected chi connectivity index (χ4v) is 3.97. The zero-order valence-corrected chi connectivity index (χ0v) is 18.3. The number of pyridine rings is 1. The molecular weight excluding hydrogens is 462 g/mol. The molecule has 0 fully saturated rings. The lowest BCUT2D eigenvalue weighted by molar-refractivity contribution is -0.138. The minimum Gasteiger partial charge on any atom is -0.337 e. The number of carbonyl (C=O) groups is 1. The van der Waals surface area contributed by atoms with Gasteiger partial charge in [0.25, 0.3) is 10.0 Å².